The standard InChI is InChI=1S/C31H59BN6O7S/c1-7-8-9-10-11-12-13-14-18-46(42,43)37-24(16-15-17-34-29(33)36-38(40)41)28(39)35-27(19-22(2)3)32-44-26-21-23-20-25(30(23,4)5)31(26,6)45-32/h22-27,37H,7-21H2,1-6H3,(H,35,39)(H3,33,34,36)/t23-,24+,25-,26-,27+,31+/m1/s1. The molecule has 3 saturated carbocycles. The third-order valence-electron chi connectivity index (χ3n) is 10.4. The predicted octanol–water partition coefficient (Wildman–Crippen LogP) is 4.09. The molecule has 1 amide bonds. The van der Waals surface area contributed by atoms with E-state index in [2.05, 4.69) is 56.6 Å². The molecule has 0 aromatic carbocycles. The number of rotatable bonds is 21. The quantitative estimate of drug-likeness (QED) is 0.0348. The Kier molecular flexibility index (Phi) is 14.2. The van der Waals surface area contributed by atoms with E-state index < -0.39 is 45.7 Å². The molecule has 0 spiro atoms. The molecule has 0 unspecified atom stereocenters. The van der Waals surface area contributed by atoms with Gasteiger partial charge in [-0.15, -0.1) is 0 Å². The maximum atomic E-state index is 13.8. The minimum Gasteiger partial charge on any atom is -0.404 e. The van der Waals surface area contributed by atoms with E-state index in [1.165, 1.54) is 19.3 Å². The van der Waals surface area contributed by atoms with Crippen LogP contribution in [0.4, 0.5) is 0 Å². The van der Waals surface area contributed by atoms with E-state index >= 15 is 0 Å². The summed E-state index contributed by atoms with van der Waals surface area (Å²) in [6.45, 7) is 13.1. The van der Waals surface area contributed by atoms with Gasteiger partial charge >= 0.3 is 7.12 Å². The molecule has 46 heavy (non-hydrogen) atoms. The molecular formula is C31H59BN6O7S. The highest BCUT2D eigenvalue weighted by atomic mass is 32.2. The number of hydrogen-bond donors (Lipinski definition) is 4. The van der Waals surface area contributed by atoms with Crippen LogP contribution in [0, 0.1) is 33.3 Å². The molecule has 4 fully saturated rings. The Hall–Kier alpha value is -1.97. The molecule has 3 aliphatic carbocycles. The second-order valence-corrected chi connectivity index (χ2v) is 16.7. The summed E-state index contributed by atoms with van der Waals surface area (Å²) in [5, 5.41) is 12.9. The summed E-state index contributed by atoms with van der Waals surface area (Å²) in [5.74, 6) is -0.153. The molecule has 264 valence electrons. The van der Waals surface area contributed by atoms with Crippen molar-refractivity contribution in [1.29, 1.82) is 0 Å². The van der Waals surface area contributed by atoms with E-state index in [0.29, 0.717) is 24.7 Å². The number of hydrazine groups is 1. The average Bonchev–Trinajstić information content (AvgIpc) is 3.32. The number of nitrogens with one attached hydrogen (secondary N) is 3. The normalized spacial score (nSPS) is 26.7. The Labute approximate surface area is 276 Å². The van der Waals surface area contributed by atoms with Gasteiger partial charge in [0.1, 0.15) is 6.04 Å². The number of carbonyl (C=O) groups excluding carboxylic acids is 1. The van der Waals surface area contributed by atoms with Gasteiger partial charge in [-0.1, -0.05) is 85.0 Å². The number of aliphatic imine (C=N–C) groups is 1. The summed E-state index contributed by atoms with van der Waals surface area (Å²) in [6.07, 6.45) is 11.2. The van der Waals surface area contributed by atoms with E-state index in [0.717, 1.165) is 38.5 Å². The van der Waals surface area contributed by atoms with E-state index in [1.54, 1.807) is 5.43 Å². The third-order valence-corrected chi connectivity index (χ3v) is 11.9. The van der Waals surface area contributed by atoms with Crippen LogP contribution in [-0.2, 0) is 24.1 Å². The minimum atomic E-state index is -3.75. The summed E-state index contributed by atoms with van der Waals surface area (Å²) in [5.41, 5.74) is 7.04. The van der Waals surface area contributed by atoms with Crippen molar-refractivity contribution in [3.8, 4) is 0 Å². The Morgan fingerprint density at radius 3 is 2.35 bits per heavy atom. The lowest BCUT2D eigenvalue weighted by Gasteiger charge is -2.64. The van der Waals surface area contributed by atoms with Crippen molar-refractivity contribution in [2.45, 2.75) is 149 Å². The number of nitro groups is 1. The van der Waals surface area contributed by atoms with Gasteiger partial charge in [0.15, 0.2) is 5.03 Å². The zero-order valence-electron chi connectivity index (χ0n) is 28.9. The first-order valence-corrected chi connectivity index (χ1v) is 19.1. The molecule has 4 rings (SSSR count). The van der Waals surface area contributed by atoms with E-state index in [9.17, 15) is 23.3 Å². The summed E-state index contributed by atoms with van der Waals surface area (Å²) in [4.78, 5) is 28.3. The van der Waals surface area contributed by atoms with Crippen LogP contribution in [-0.4, -0.2) is 68.4 Å². The maximum Gasteiger partial charge on any atom is 0.481 e. The highest BCUT2D eigenvalue weighted by molar-refractivity contribution is 7.89. The molecule has 15 heteroatoms. The van der Waals surface area contributed by atoms with Crippen molar-refractivity contribution in [1.82, 2.24) is 15.5 Å². The number of nitrogens with two attached hydrogens (primary N) is 1. The van der Waals surface area contributed by atoms with Crippen LogP contribution >= 0.6 is 0 Å². The molecule has 0 radical (unpaired) electrons. The zero-order valence-corrected chi connectivity index (χ0v) is 29.7. The maximum absolute atomic E-state index is 13.8. The first-order chi connectivity index (χ1) is 21.6. The molecule has 4 aliphatic rings. The highest BCUT2D eigenvalue weighted by Crippen LogP contribution is 2.65. The largest absolute Gasteiger partial charge is 0.481 e. The highest BCUT2D eigenvalue weighted by Gasteiger charge is 2.68. The smallest absolute Gasteiger partial charge is 0.404 e. The molecule has 1 heterocycles. The van der Waals surface area contributed by atoms with Gasteiger partial charge < -0.3 is 20.4 Å². The summed E-state index contributed by atoms with van der Waals surface area (Å²) < 4.78 is 42.1. The SMILES string of the molecule is CCCCCCCCCCS(=O)(=O)N[C@@H](CCCN=C(N)N[N+](=O)[O-])C(=O)N[C@@H](CC(C)C)B1O[C@@H]2C[C@H]3C[C@H](C3(C)C)[C@]2(C)O1. The van der Waals surface area contributed by atoms with Gasteiger partial charge in [0.25, 0.3) is 5.96 Å². The van der Waals surface area contributed by atoms with Crippen LogP contribution in [0.3, 0.4) is 0 Å². The number of carbonyl (C=O) groups is 1. The summed E-state index contributed by atoms with van der Waals surface area (Å²) in [6, 6.07) is -1.06. The fourth-order valence-electron chi connectivity index (χ4n) is 7.67. The van der Waals surface area contributed by atoms with Gasteiger partial charge in [-0.3, -0.25) is 4.79 Å². The molecule has 0 aromatic heterocycles. The second kappa shape index (κ2) is 16.9. The van der Waals surface area contributed by atoms with Gasteiger partial charge in [0.2, 0.25) is 15.9 Å². The molecule has 5 N–H and O–H groups in total. The van der Waals surface area contributed by atoms with Gasteiger partial charge in [0.05, 0.1) is 23.4 Å². The van der Waals surface area contributed by atoms with Crippen molar-refractivity contribution in [3.63, 3.8) is 0 Å². The second-order valence-electron chi connectivity index (χ2n) is 14.8. The summed E-state index contributed by atoms with van der Waals surface area (Å²) >= 11 is 0. The van der Waals surface area contributed by atoms with Crippen LogP contribution in [0.15, 0.2) is 4.99 Å². The topological polar surface area (TPSA) is 187 Å². The zero-order chi connectivity index (χ0) is 34.1. The van der Waals surface area contributed by atoms with Gasteiger partial charge in [-0.25, -0.2) is 28.2 Å². The predicted molar refractivity (Wildman–Crippen MR) is 181 cm³/mol. The Morgan fingerprint density at radius 2 is 1.74 bits per heavy atom. The summed E-state index contributed by atoms with van der Waals surface area (Å²) in [7, 11) is -4.39. The number of amides is 1. The number of unbranched alkanes of at least 4 members (excludes halogenated alkanes) is 7. The molecule has 6 atom stereocenters. The van der Waals surface area contributed by atoms with Crippen LogP contribution in [0.25, 0.3) is 0 Å². The van der Waals surface area contributed by atoms with Gasteiger partial charge in [-0.05, 0) is 68.6 Å². The van der Waals surface area contributed by atoms with Crippen LogP contribution < -0.4 is 21.2 Å². The first-order valence-electron chi connectivity index (χ1n) is 17.4. The van der Waals surface area contributed by atoms with Crippen LogP contribution in [0.2, 0.25) is 0 Å². The first kappa shape index (κ1) is 38.5. The Balaban J connectivity index is 1.65. The van der Waals surface area contributed by atoms with Crippen molar-refractivity contribution in [2.24, 2.45) is 33.9 Å². The fourth-order valence-corrected chi connectivity index (χ4v) is 9.03. The number of hydrogen-bond acceptors (Lipinski definition) is 8. The van der Waals surface area contributed by atoms with Crippen LogP contribution in [0.1, 0.15) is 125 Å². The van der Waals surface area contributed by atoms with Crippen molar-refractivity contribution in [3.05, 3.63) is 10.1 Å². The van der Waals surface area contributed by atoms with Crippen LogP contribution in [0.5, 0.6) is 0 Å². The molecule has 0 aromatic rings. The van der Waals surface area contributed by atoms with Crippen molar-refractivity contribution < 1.29 is 27.6 Å². The third kappa shape index (κ3) is 10.5. The molecule has 13 nitrogen and oxygen atoms in total. The monoisotopic (exact) mass is 670 g/mol. The number of sulfonamides is 1. The Bertz CT molecular complexity index is 1160. The van der Waals surface area contributed by atoms with Gasteiger partial charge in [0, 0.05) is 6.54 Å². The van der Waals surface area contributed by atoms with Crippen molar-refractivity contribution in [2.75, 3.05) is 12.3 Å². The number of guanidine groups is 1. The Morgan fingerprint density at radius 1 is 1.09 bits per heavy atom. The lowest BCUT2D eigenvalue weighted by Crippen LogP contribution is -2.65. The van der Waals surface area contributed by atoms with E-state index in [1.807, 2.05) is 0 Å². The average molecular weight is 671 g/mol. The van der Waals surface area contributed by atoms with E-state index in [-0.39, 0.29) is 48.5 Å². The van der Waals surface area contributed by atoms with E-state index in [4.69, 9.17) is 15.0 Å². The lowest BCUT2D eigenvalue weighted by atomic mass is 9.43. The molecule has 1 aliphatic heterocycles. The van der Waals surface area contributed by atoms with Crippen molar-refractivity contribution >= 4 is 29.0 Å². The fraction of sp³-hybridized carbons (Fsp3) is 0.935. The minimum absolute atomic E-state index is 0.0436. The molecule has 2 bridgehead atoms. The molecular weight excluding hydrogens is 611 g/mol. The lowest BCUT2D eigenvalue weighted by molar-refractivity contribution is -0.525. The van der Waals surface area contributed by atoms with Gasteiger partial charge in [-0.2, -0.15) is 0 Å². The number of nitrogens with zero attached hydrogens (tertiary/aromatic N) is 2. The molecule has 1 saturated heterocycles.